The van der Waals surface area contributed by atoms with Gasteiger partial charge < -0.3 is 9.15 Å². The molecule has 0 radical (unpaired) electrons. The first kappa shape index (κ1) is 22.9. The Hall–Kier alpha value is -4.83. The van der Waals surface area contributed by atoms with E-state index in [4.69, 9.17) is 9.15 Å². The standard InChI is InChI=1S/C26H18N4O5S/c1-2-15-34-18-10-7-17(8-11-18)9-14-24-27-26-29(28-24)25(31)23(36-26)16-19-12-13-22(35-19)20-5-3-4-6-21(20)30(32)33/h2-14,16H,1,15H2/b14-9+,23-16-. The number of benzene rings is 2. The molecule has 5 aromatic rings. The summed E-state index contributed by atoms with van der Waals surface area (Å²) in [5.41, 5.74) is 0.916. The molecule has 0 unspecified atom stereocenters. The van der Waals surface area contributed by atoms with E-state index in [1.165, 1.54) is 21.9 Å². The maximum atomic E-state index is 12.8. The first-order chi connectivity index (χ1) is 17.5. The highest BCUT2D eigenvalue weighted by Crippen LogP contribution is 2.31. The van der Waals surface area contributed by atoms with Gasteiger partial charge in [-0.2, -0.15) is 9.50 Å². The molecule has 0 aliphatic heterocycles. The maximum Gasteiger partial charge on any atom is 0.291 e. The monoisotopic (exact) mass is 498 g/mol. The summed E-state index contributed by atoms with van der Waals surface area (Å²) >= 11 is 1.18. The topological polar surface area (TPSA) is 113 Å². The Bertz CT molecular complexity index is 1710. The second-order valence-electron chi connectivity index (χ2n) is 7.56. The zero-order valence-electron chi connectivity index (χ0n) is 18.7. The Balaban J connectivity index is 1.37. The fraction of sp³-hybridized carbons (Fsp3) is 0.0385. The average Bonchev–Trinajstić information content (AvgIpc) is 3.59. The number of nitrogens with zero attached hydrogens (tertiary/aromatic N) is 4. The number of fused-ring (bicyclic) bond motifs is 1. The number of aromatic nitrogens is 3. The van der Waals surface area contributed by atoms with Gasteiger partial charge in [-0.05, 0) is 42.0 Å². The van der Waals surface area contributed by atoms with E-state index in [0.717, 1.165) is 11.3 Å². The summed E-state index contributed by atoms with van der Waals surface area (Å²) in [6.07, 6.45) is 6.84. The SMILES string of the molecule is C=CCOc1ccc(/C=C/c2nc3s/c(=C\c4ccc(-c5ccccc5[N+](=O)[O-])o4)c(=O)n3n2)cc1. The number of nitro benzene ring substituents is 1. The van der Waals surface area contributed by atoms with Gasteiger partial charge in [0.05, 0.1) is 10.5 Å². The van der Waals surface area contributed by atoms with E-state index in [0.29, 0.717) is 39.0 Å². The highest BCUT2D eigenvalue weighted by Gasteiger charge is 2.17. The van der Waals surface area contributed by atoms with Gasteiger partial charge in [-0.3, -0.25) is 14.9 Å². The van der Waals surface area contributed by atoms with Crippen molar-refractivity contribution < 1.29 is 14.1 Å². The van der Waals surface area contributed by atoms with Crippen LogP contribution in [-0.4, -0.2) is 26.1 Å². The van der Waals surface area contributed by atoms with Gasteiger partial charge in [-0.1, -0.05) is 54.3 Å². The summed E-state index contributed by atoms with van der Waals surface area (Å²) in [5, 5.41) is 15.6. The molecule has 0 saturated carbocycles. The molecule has 0 amide bonds. The fourth-order valence-corrected chi connectivity index (χ4v) is 4.36. The number of para-hydroxylation sites is 1. The van der Waals surface area contributed by atoms with Crippen LogP contribution in [0.5, 0.6) is 5.75 Å². The Kier molecular flexibility index (Phi) is 6.25. The summed E-state index contributed by atoms with van der Waals surface area (Å²) in [7, 11) is 0. The van der Waals surface area contributed by atoms with Crippen molar-refractivity contribution in [2.45, 2.75) is 0 Å². The van der Waals surface area contributed by atoms with Crippen molar-refractivity contribution in [2.24, 2.45) is 0 Å². The summed E-state index contributed by atoms with van der Waals surface area (Å²) < 4.78 is 12.9. The molecule has 0 N–H and O–H groups in total. The molecular weight excluding hydrogens is 480 g/mol. The van der Waals surface area contributed by atoms with Crippen molar-refractivity contribution in [3.63, 3.8) is 0 Å². The summed E-state index contributed by atoms with van der Waals surface area (Å²) in [5.74, 6) is 1.89. The molecule has 9 nitrogen and oxygen atoms in total. The van der Waals surface area contributed by atoms with Crippen LogP contribution in [0.1, 0.15) is 17.1 Å². The van der Waals surface area contributed by atoms with Crippen LogP contribution in [0.3, 0.4) is 0 Å². The maximum absolute atomic E-state index is 12.8. The Labute approximate surface area is 208 Å². The summed E-state index contributed by atoms with van der Waals surface area (Å²) in [6, 6.07) is 17.1. The highest BCUT2D eigenvalue weighted by atomic mass is 32.1. The predicted molar refractivity (Wildman–Crippen MR) is 138 cm³/mol. The third kappa shape index (κ3) is 4.70. The van der Waals surface area contributed by atoms with E-state index in [2.05, 4.69) is 16.7 Å². The van der Waals surface area contributed by atoms with Gasteiger partial charge in [0.2, 0.25) is 4.96 Å². The zero-order valence-corrected chi connectivity index (χ0v) is 19.6. The molecule has 2 aromatic carbocycles. The number of hydrogen-bond acceptors (Lipinski definition) is 8. The number of hydrogen-bond donors (Lipinski definition) is 0. The van der Waals surface area contributed by atoms with Crippen LogP contribution < -0.4 is 14.8 Å². The van der Waals surface area contributed by atoms with Gasteiger partial charge in [-0.15, -0.1) is 5.10 Å². The number of furan rings is 1. The first-order valence-electron chi connectivity index (χ1n) is 10.8. The van der Waals surface area contributed by atoms with Gasteiger partial charge in [0, 0.05) is 12.1 Å². The van der Waals surface area contributed by atoms with Crippen LogP contribution in [0.2, 0.25) is 0 Å². The summed E-state index contributed by atoms with van der Waals surface area (Å²) in [6.45, 7) is 4.06. The second-order valence-corrected chi connectivity index (χ2v) is 8.57. The number of rotatable bonds is 8. The molecule has 178 valence electrons. The molecular formula is C26H18N4O5S. The molecule has 0 aliphatic carbocycles. The molecule has 5 rings (SSSR count). The third-order valence-electron chi connectivity index (χ3n) is 5.14. The lowest BCUT2D eigenvalue weighted by atomic mass is 10.1. The smallest absolute Gasteiger partial charge is 0.291 e. The van der Waals surface area contributed by atoms with Crippen molar-refractivity contribution in [1.29, 1.82) is 0 Å². The van der Waals surface area contributed by atoms with Crippen molar-refractivity contribution in [1.82, 2.24) is 14.6 Å². The van der Waals surface area contributed by atoms with Crippen molar-refractivity contribution in [3.8, 4) is 17.1 Å². The number of ether oxygens (including phenoxy) is 1. The van der Waals surface area contributed by atoms with Gasteiger partial charge in [-0.25, -0.2) is 0 Å². The molecule has 0 aliphatic rings. The largest absolute Gasteiger partial charge is 0.490 e. The predicted octanol–water partition coefficient (Wildman–Crippen LogP) is 4.60. The van der Waals surface area contributed by atoms with Crippen LogP contribution in [0.15, 0.2) is 82.5 Å². The normalized spacial score (nSPS) is 11.9. The highest BCUT2D eigenvalue weighted by molar-refractivity contribution is 7.15. The molecule has 0 bridgehead atoms. The Morgan fingerprint density at radius 2 is 1.92 bits per heavy atom. The summed E-state index contributed by atoms with van der Waals surface area (Å²) in [4.78, 5) is 28.5. The van der Waals surface area contributed by atoms with E-state index >= 15 is 0 Å². The van der Waals surface area contributed by atoms with E-state index in [-0.39, 0.29) is 11.2 Å². The van der Waals surface area contributed by atoms with Crippen LogP contribution in [0.4, 0.5) is 5.69 Å². The lowest BCUT2D eigenvalue weighted by molar-refractivity contribution is -0.384. The minimum absolute atomic E-state index is 0.0562. The minimum atomic E-state index is -0.461. The van der Waals surface area contributed by atoms with Crippen molar-refractivity contribution in [2.75, 3.05) is 6.61 Å². The van der Waals surface area contributed by atoms with Crippen LogP contribution in [0.25, 0.3) is 34.5 Å². The average molecular weight is 499 g/mol. The molecule has 3 heterocycles. The Morgan fingerprint density at radius 3 is 2.67 bits per heavy atom. The van der Waals surface area contributed by atoms with Gasteiger partial charge in [0.25, 0.3) is 11.2 Å². The van der Waals surface area contributed by atoms with Crippen molar-refractivity contribution in [3.05, 3.63) is 115 Å². The van der Waals surface area contributed by atoms with E-state index in [9.17, 15) is 14.9 Å². The quantitative estimate of drug-likeness (QED) is 0.175. The molecule has 36 heavy (non-hydrogen) atoms. The van der Waals surface area contributed by atoms with Gasteiger partial charge >= 0.3 is 0 Å². The fourth-order valence-electron chi connectivity index (χ4n) is 3.47. The minimum Gasteiger partial charge on any atom is -0.490 e. The Morgan fingerprint density at radius 1 is 1.11 bits per heavy atom. The van der Waals surface area contributed by atoms with E-state index < -0.39 is 4.92 Å². The molecule has 0 spiro atoms. The van der Waals surface area contributed by atoms with E-state index in [1.54, 1.807) is 48.6 Å². The lowest BCUT2D eigenvalue weighted by Crippen LogP contribution is -2.23. The molecule has 10 heteroatoms. The van der Waals surface area contributed by atoms with Gasteiger partial charge in [0.15, 0.2) is 5.82 Å². The molecule has 3 aromatic heterocycles. The zero-order chi connectivity index (χ0) is 25.1. The van der Waals surface area contributed by atoms with Crippen LogP contribution in [-0.2, 0) is 0 Å². The van der Waals surface area contributed by atoms with Crippen molar-refractivity contribution >= 4 is 40.2 Å². The van der Waals surface area contributed by atoms with Gasteiger partial charge in [0.1, 0.15) is 28.4 Å². The first-order valence-corrected chi connectivity index (χ1v) is 11.6. The number of nitro groups is 1. The molecule has 0 fully saturated rings. The third-order valence-corrected chi connectivity index (χ3v) is 6.10. The van der Waals surface area contributed by atoms with Crippen LogP contribution in [0, 0.1) is 10.1 Å². The molecule has 0 atom stereocenters. The second kappa shape index (κ2) is 9.80. The lowest BCUT2D eigenvalue weighted by Gasteiger charge is -2.02. The van der Waals surface area contributed by atoms with Crippen LogP contribution >= 0.6 is 11.3 Å². The molecule has 0 saturated heterocycles. The van der Waals surface area contributed by atoms with E-state index in [1.807, 2.05) is 30.3 Å². The number of thiazole rings is 1.